The zero-order valence-corrected chi connectivity index (χ0v) is 26.3. The molecule has 3 aromatic carbocycles. The number of methoxy groups -OCH3 is 1. The molecule has 1 amide bonds. The second kappa shape index (κ2) is 13.1. The van der Waals surface area contributed by atoms with E-state index in [0.717, 1.165) is 84.9 Å². The van der Waals surface area contributed by atoms with Gasteiger partial charge in [-0.05, 0) is 91.1 Å². The summed E-state index contributed by atoms with van der Waals surface area (Å²) >= 11 is 6.18. The highest BCUT2D eigenvalue weighted by Gasteiger charge is 2.41. The van der Waals surface area contributed by atoms with Crippen molar-refractivity contribution in [3.05, 3.63) is 99.6 Å². The number of carbonyl (C=O) groups excluding carboxylic acids is 1. The van der Waals surface area contributed by atoms with Crippen LogP contribution in [0.2, 0.25) is 5.02 Å². The van der Waals surface area contributed by atoms with E-state index in [1.165, 1.54) is 16.7 Å². The molecule has 3 aliphatic rings. The Morgan fingerprint density at radius 2 is 1.84 bits per heavy atom. The van der Waals surface area contributed by atoms with Crippen molar-refractivity contribution in [2.75, 3.05) is 38.7 Å². The highest BCUT2D eigenvalue weighted by Crippen LogP contribution is 2.37. The van der Waals surface area contributed by atoms with Gasteiger partial charge in [0.1, 0.15) is 5.75 Å². The van der Waals surface area contributed by atoms with Crippen LogP contribution in [-0.4, -0.2) is 62.7 Å². The minimum Gasteiger partial charge on any atom is -0.496 e. The number of halogens is 1. The molecule has 2 atom stereocenters. The summed E-state index contributed by atoms with van der Waals surface area (Å²) in [5.41, 5.74) is 8.03. The van der Waals surface area contributed by atoms with Gasteiger partial charge < -0.3 is 25.2 Å². The zero-order chi connectivity index (χ0) is 29.9. The fourth-order valence-electron chi connectivity index (χ4n) is 6.62. The van der Waals surface area contributed by atoms with Gasteiger partial charge >= 0.3 is 0 Å². The number of ether oxygens (including phenoxy) is 1. The van der Waals surface area contributed by atoms with Crippen LogP contribution in [0.3, 0.4) is 0 Å². The number of carbonyl (C=O) groups is 1. The number of benzene rings is 3. The molecule has 7 heteroatoms. The molecule has 1 aliphatic carbocycles. The number of nitrogens with zero attached hydrogens (tertiary/aromatic N) is 2. The molecule has 1 saturated carbocycles. The number of hydrogen-bond donors (Lipinski definition) is 2. The molecule has 0 spiro atoms. The van der Waals surface area contributed by atoms with E-state index in [0.29, 0.717) is 18.6 Å². The number of fused-ring (bicyclic) bond motifs is 2. The maximum absolute atomic E-state index is 14.5. The van der Waals surface area contributed by atoms with E-state index in [4.69, 9.17) is 16.3 Å². The van der Waals surface area contributed by atoms with Crippen LogP contribution in [0.5, 0.6) is 5.75 Å². The number of piperazine rings is 1. The summed E-state index contributed by atoms with van der Waals surface area (Å²) in [5, 5.41) is 8.08. The Hall–Kier alpha value is -3.32. The van der Waals surface area contributed by atoms with Gasteiger partial charge in [0, 0.05) is 61.6 Å². The lowest BCUT2D eigenvalue weighted by atomic mass is 9.83. The van der Waals surface area contributed by atoms with E-state index in [-0.39, 0.29) is 11.9 Å². The molecule has 2 bridgehead atoms. The summed E-state index contributed by atoms with van der Waals surface area (Å²) in [6.07, 6.45) is 5.04. The Morgan fingerprint density at radius 1 is 1.05 bits per heavy atom. The second-order valence-electron chi connectivity index (χ2n) is 12.3. The lowest BCUT2D eigenvalue weighted by molar-refractivity contribution is -0.128. The molecule has 0 unspecified atom stereocenters. The van der Waals surface area contributed by atoms with Crippen LogP contribution in [-0.2, 0) is 17.8 Å². The third kappa shape index (κ3) is 6.77. The van der Waals surface area contributed by atoms with Gasteiger partial charge in [0.25, 0.3) is 5.91 Å². The van der Waals surface area contributed by atoms with E-state index < -0.39 is 0 Å². The fraction of sp³-hybridized carbons (Fsp3) is 0.417. The number of aryl methyl sites for hydroxylation is 1. The predicted molar refractivity (Wildman–Crippen MR) is 176 cm³/mol. The van der Waals surface area contributed by atoms with Crippen LogP contribution in [0.25, 0.3) is 5.57 Å². The number of anilines is 1. The van der Waals surface area contributed by atoms with Crippen molar-refractivity contribution in [3.63, 3.8) is 0 Å². The standard InChI is InChI=1S/C36H43ClN4O2/c1-24-27(8-4-11-34(24)43-3)23-41(30-16-17-30)36(42)35-32(20-29-21-38-22-33(35)39-29)26-14-12-25(13-15-26)7-6-18-40(2)31-10-5-9-28(37)19-31/h4-5,8-15,19,29-30,33,38-39H,6-7,16-18,20-23H2,1-3H3/t29-,33+/m0/s1. The third-order valence-corrected chi connectivity index (χ3v) is 9.48. The monoisotopic (exact) mass is 598 g/mol. The minimum absolute atomic E-state index is 0.0179. The van der Waals surface area contributed by atoms with Gasteiger partial charge in [-0.2, -0.15) is 0 Å². The van der Waals surface area contributed by atoms with Crippen molar-refractivity contribution in [3.8, 4) is 5.75 Å². The van der Waals surface area contributed by atoms with Crippen LogP contribution < -0.4 is 20.3 Å². The fourth-order valence-corrected chi connectivity index (χ4v) is 6.80. The van der Waals surface area contributed by atoms with Crippen molar-refractivity contribution in [1.82, 2.24) is 15.5 Å². The molecule has 6 nitrogen and oxygen atoms in total. The van der Waals surface area contributed by atoms with Gasteiger partial charge in [0.15, 0.2) is 0 Å². The first-order chi connectivity index (χ1) is 20.9. The first-order valence-corrected chi connectivity index (χ1v) is 16.0. The number of hydrogen-bond acceptors (Lipinski definition) is 5. The van der Waals surface area contributed by atoms with E-state index in [1.54, 1.807) is 7.11 Å². The molecule has 43 heavy (non-hydrogen) atoms. The predicted octanol–water partition coefficient (Wildman–Crippen LogP) is 6.00. The van der Waals surface area contributed by atoms with E-state index in [2.05, 4.69) is 70.8 Å². The van der Waals surface area contributed by atoms with Crippen molar-refractivity contribution < 1.29 is 9.53 Å². The Labute approximate surface area is 261 Å². The van der Waals surface area contributed by atoms with Gasteiger partial charge in [-0.25, -0.2) is 0 Å². The molecule has 0 radical (unpaired) electrons. The Bertz CT molecular complexity index is 1480. The molecular formula is C36H43ClN4O2. The summed E-state index contributed by atoms with van der Waals surface area (Å²) in [6.45, 7) is 5.35. The Balaban J connectivity index is 1.21. The number of amides is 1. The highest BCUT2D eigenvalue weighted by molar-refractivity contribution is 6.30. The highest BCUT2D eigenvalue weighted by atomic mass is 35.5. The van der Waals surface area contributed by atoms with Gasteiger partial charge in [-0.3, -0.25) is 4.79 Å². The normalized spacial score (nSPS) is 19.7. The molecule has 3 aromatic rings. The maximum Gasteiger partial charge on any atom is 0.252 e. The van der Waals surface area contributed by atoms with E-state index in [9.17, 15) is 4.79 Å². The molecule has 2 aliphatic heterocycles. The lowest BCUT2D eigenvalue weighted by Gasteiger charge is -2.41. The van der Waals surface area contributed by atoms with Crippen LogP contribution in [0.1, 0.15) is 47.9 Å². The summed E-state index contributed by atoms with van der Waals surface area (Å²) in [6, 6.07) is 23.8. The first kappa shape index (κ1) is 29.7. The summed E-state index contributed by atoms with van der Waals surface area (Å²) in [5.74, 6) is 1.04. The Morgan fingerprint density at radius 3 is 2.58 bits per heavy atom. The van der Waals surface area contributed by atoms with Crippen LogP contribution in [0, 0.1) is 6.92 Å². The molecular weight excluding hydrogens is 556 g/mol. The van der Waals surface area contributed by atoms with Crippen LogP contribution in [0.15, 0.2) is 72.3 Å². The van der Waals surface area contributed by atoms with Crippen LogP contribution in [0.4, 0.5) is 5.69 Å². The van der Waals surface area contributed by atoms with Gasteiger partial charge in [0.05, 0.1) is 13.2 Å². The van der Waals surface area contributed by atoms with Gasteiger partial charge in [0.2, 0.25) is 0 Å². The molecule has 2 fully saturated rings. The van der Waals surface area contributed by atoms with Crippen molar-refractivity contribution in [1.29, 1.82) is 0 Å². The summed E-state index contributed by atoms with van der Waals surface area (Å²) in [4.78, 5) is 18.9. The van der Waals surface area contributed by atoms with Crippen molar-refractivity contribution in [2.24, 2.45) is 0 Å². The van der Waals surface area contributed by atoms with Crippen molar-refractivity contribution >= 4 is 28.8 Å². The number of rotatable bonds is 11. The summed E-state index contributed by atoms with van der Waals surface area (Å²) < 4.78 is 5.58. The summed E-state index contributed by atoms with van der Waals surface area (Å²) in [7, 11) is 3.82. The smallest absolute Gasteiger partial charge is 0.252 e. The van der Waals surface area contributed by atoms with E-state index in [1.807, 2.05) is 30.3 Å². The molecule has 2 N–H and O–H groups in total. The Kier molecular flexibility index (Phi) is 9.08. The van der Waals surface area contributed by atoms with Crippen LogP contribution >= 0.6 is 11.6 Å². The largest absolute Gasteiger partial charge is 0.496 e. The topological polar surface area (TPSA) is 56.8 Å². The average Bonchev–Trinajstić information content (AvgIpc) is 3.86. The van der Waals surface area contributed by atoms with E-state index >= 15 is 0 Å². The van der Waals surface area contributed by atoms with Gasteiger partial charge in [-0.1, -0.05) is 54.1 Å². The second-order valence-corrected chi connectivity index (χ2v) is 12.7. The maximum atomic E-state index is 14.5. The number of nitrogens with one attached hydrogen (secondary N) is 2. The average molecular weight is 599 g/mol. The molecule has 1 saturated heterocycles. The lowest BCUT2D eigenvalue weighted by Crippen LogP contribution is -2.60. The molecule has 0 aromatic heterocycles. The van der Waals surface area contributed by atoms with Crippen molar-refractivity contribution in [2.45, 2.75) is 63.7 Å². The minimum atomic E-state index is 0.0179. The molecule has 6 rings (SSSR count). The SMILES string of the molecule is COc1cccc(CN(C(=O)C2=C(c3ccc(CCCN(C)c4cccc(Cl)c4)cc3)C[C@H]3CNC[C@H]2N3)C2CC2)c1C. The molecule has 2 heterocycles. The molecule has 226 valence electrons. The first-order valence-electron chi connectivity index (χ1n) is 15.6. The van der Waals surface area contributed by atoms with Gasteiger partial charge in [-0.15, -0.1) is 0 Å². The zero-order valence-electron chi connectivity index (χ0n) is 25.5. The quantitative estimate of drug-likeness (QED) is 0.283. The third-order valence-electron chi connectivity index (χ3n) is 9.25.